The van der Waals surface area contributed by atoms with E-state index >= 15 is 0 Å². The van der Waals surface area contributed by atoms with Gasteiger partial charge in [0.15, 0.2) is 5.78 Å². The average Bonchev–Trinajstić information content (AvgIpc) is 3.50. The monoisotopic (exact) mass is 666 g/mol. The molecule has 0 radical (unpaired) electrons. The highest BCUT2D eigenvalue weighted by molar-refractivity contribution is 6.05. The van der Waals surface area contributed by atoms with Crippen LogP contribution in [0.2, 0.25) is 0 Å². The lowest BCUT2D eigenvalue weighted by atomic mass is 10.0. The molecule has 4 rings (SSSR count). The molecule has 0 saturated heterocycles. The van der Waals surface area contributed by atoms with Crippen molar-refractivity contribution in [3.05, 3.63) is 119 Å². The summed E-state index contributed by atoms with van der Waals surface area (Å²) in [6.45, 7) is 4.00. The maximum Gasteiger partial charge on any atom is 0.431 e. The van der Waals surface area contributed by atoms with Crippen LogP contribution < -0.4 is 10.1 Å². The molecule has 1 heterocycles. The van der Waals surface area contributed by atoms with E-state index in [9.17, 15) is 32.7 Å². The fourth-order valence-electron chi connectivity index (χ4n) is 4.36. The largest absolute Gasteiger partial charge is 0.494 e. The minimum absolute atomic E-state index is 0.0530. The third kappa shape index (κ3) is 11.8. The summed E-state index contributed by atoms with van der Waals surface area (Å²) in [5, 5.41) is 19.3. The second kappa shape index (κ2) is 18.1. The summed E-state index contributed by atoms with van der Waals surface area (Å²) >= 11 is 0. The van der Waals surface area contributed by atoms with Gasteiger partial charge in [0.25, 0.3) is 0 Å². The first-order valence-electron chi connectivity index (χ1n) is 15.3. The molecule has 0 unspecified atom stereocenters. The molecule has 12 heteroatoms. The summed E-state index contributed by atoms with van der Waals surface area (Å²) in [5.74, 6) is -1.18. The fourth-order valence-corrected chi connectivity index (χ4v) is 4.36. The van der Waals surface area contributed by atoms with E-state index in [0.717, 1.165) is 17.0 Å². The van der Waals surface area contributed by atoms with E-state index in [2.05, 4.69) is 4.98 Å². The van der Waals surface area contributed by atoms with Gasteiger partial charge in [-0.25, -0.2) is 9.78 Å². The van der Waals surface area contributed by atoms with Crippen molar-refractivity contribution in [3.63, 3.8) is 0 Å². The second-order valence-electron chi connectivity index (χ2n) is 10.5. The molecule has 0 aliphatic rings. The van der Waals surface area contributed by atoms with Crippen LogP contribution in [0.25, 0.3) is 11.5 Å². The first-order valence-corrected chi connectivity index (χ1v) is 15.3. The lowest BCUT2D eigenvalue weighted by Crippen LogP contribution is -2.42. The number of nitrogens with one attached hydrogen (secondary N) is 1. The minimum Gasteiger partial charge on any atom is -0.494 e. The number of nitrogens with zero attached hydrogens (tertiary/aromatic N) is 1. The molecule has 48 heavy (non-hydrogen) atoms. The number of halogens is 3. The van der Waals surface area contributed by atoms with E-state index in [1.807, 2.05) is 42.6 Å². The molecule has 0 spiro atoms. The molecule has 0 bridgehead atoms. The Balaban J connectivity index is 0.00000116. The van der Waals surface area contributed by atoms with Crippen molar-refractivity contribution in [3.8, 4) is 17.2 Å². The molecule has 0 amide bonds. The average molecular weight is 667 g/mol. The van der Waals surface area contributed by atoms with E-state index < -0.39 is 35.6 Å². The van der Waals surface area contributed by atoms with Gasteiger partial charge >= 0.3 is 18.1 Å². The zero-order valence-corrected chi connectivity index (χ0v) is 26.5. The Hall–Kier alpha value is -5.39. The van der Waals surface area contributed by atoms with Crippen molar-refractivity contribution in [2.24, 2.45) is 0 Å². The highest BCUT2D eigenvalue weighted by Crippen LogP contribution is 2.26. The van der Waals surface area contributed by atoms with Crippen LogP contribution in [-0.4, -0.2) is 51.7 Å². The Kier molecular flexibility index (Phi) is 14.0. The van der Waals surface area contributed by atoms with Gasteiger partial charge in [-0.3, -0.25) is 9.59 Å². The fraction of sp³-hybridized carbons (Fsp3) is 0.278. The number of carbonyl (C=O) groups is 3. The van der Waals surface area contributed by atoms with Gasteiger partial charge in [0.05, 0.1) is 12.3 Å². The molecule has 0 saturated carbocycles. The molecule has 254 valence electrons. The van der Waals surface area contributed by atoms with Crippen LogP contribution in [0.15, 0.2) is 101 Å². The number of benzene rings is 3. The topological polar surface area (TPSA) is 139 Å². The standard InChI is InChI=1S/C33H31F3N2O5.C3H6O2/c1-2-29-26(38-31(43-29)24-12-7-4-8-13-24)14-9-19-42-25-17-15-22(16-18-25)20-27(32(40)41)37-30(33(34,35)36)21-28(39)23-10-5-3-6-11-23;1-2-3(4)5/h3-8,10-13,15-18,21,27,37H,2,9,14,19-20H2,1H3,(H,40,41);2H2,1H3,(H,4,5)/b30-21-;/t27-;/m0./s1. The first kappa shape index (κ1) is 37.1. The van der Waals surface area contributed by atoms with Gasteiger partial charge in [-0.2, -0.15) is 13.2 Å². The Labute approximate surface area is 276 Å². The molecule has 3 N–H and O–H groups in total. The number of ketones is 1. The zero-order chi connectivity index (χ0) is 35.1. The number of aryl methyl sites for hydroxylation is 2. The number of aliphatic carboxylic acids is 2. The van der Waals surface area contributed by atoms with Crippen molar-refractivity contribution in [1.82, 2.24) is 10.3 Å². The van der Waals surface area contributed by atoms with E-state index in [4.69, 9.17) is 14.3 Å². The van der Waals surface area contributed by atoms with Crippen molar-refractivity contribution in [1.29, 1.82) is 0 Å². The summed E-state index contributed by atoms with van der Waals surface area (Å²) in [5.41, 5.74) is 0.892. The Morgan fingerprint density at radius 3 is 2.08 bits per heavy atom. The van der Waals surface area contributed by atoms with E-state index in [1.165, 1.54) is 24.3 Å². The van der Waals surface area contributed by atoms with Crippen molar-refractivity contribution < 1.29 is 46.9 Å². The van der Waals surface area contributed by atoms with Gasteiger partial charge < -0.3 is 24.7 Å². The Morgan fingerprint density at radius 1 is 0.938 bits per heavy atom. The third-order valence-electron chi connectivity index (χ3n) is 6.88. The van der Waals surface area contributed by atoms with Gasteiger partial charge in [0.2, 0.25) is 5.89 Å². The zero-order valence-electron chi connectivity index (χ0n) is 26.5. The smallest absolute Gasteiger partial charge is 0.431 e. The molecule has 1 aromatic heterocycles. The van der Waals surface area contributed by atoms with Gasteiger partial charge in [0.1, 0.15) is 23.2 Å². The molecule has 0 fully saturated rings. The van der Waals surface area contributed by atoms with Crippen LogP contribution >= 0.6 is 0 Å². The van der Waals surface area contributed by atoms with Crippen LogP contribution in [0.5, 0.6) is 5.75 Å². The third-order valence-corrected chi connectivity index (χ3v) is 6.88. The predicted molar refractivity (Wildman–Crippen MR) is 173 cm³/mol. The van der Waals surface area contributed by atoms with Crippen molar-refractivity contribution in [2.45, 2.75) is 58.2 Å². The summed E-state index contributed by atoms with van der Waals surface area (Å²) in [6, 6.07) is 21.9. The highest BCUT2D eigenvalue weighted by atomic mass is 19.4. The number of carboxylic acid groups (broad SMARTS) is 2. The predicted octanol–water partition coefficient (Wildman–Crippen LogP) is 7.31. The maximum absolute atomic E-state index is 13.7. The quantitative estimate of drug-likeness (QED) is 0.0677. The molecular formula is C36H37F3N2O7. The van der Waals surface area contributed by atoms with Gasteiger partial charge in [-0.05, 0) is 42.7 Å². The van der Waals surface area contributed by atoms with E-state index in [0.29, 0.717) is 49.1 Å². The number of oxazole rings is 1. The van der Waals surface area contributed by atoms with Crippen molar-refractivity contribution in [2.75, 3.05) is 6.61 Å². The van der Waals surface area contributed by atoms with Crippen LogP contribution in [0, 0.1) is 0 Å². The summed E-state index contributed by atoms with van der Waals surface area (Å²) < 4.78 is 52.8. The van der Waals surface area contributed by atoms with Crippen LogP contribution in [-0.2, 0) is 28.9 Å². The molecule has 3 aromatic carbocycles. The Bertz CT molecular complexity index is 1650. The van der Waals surface area contributed by atoms with Gasteiger partial charge in [0, 0.05) is 36.5 Å². The minimum atomic E-state index is -4.96. The van der Waals surface area contributed by atoms with Crippen LogP contribution in [0.4, 0.5) is 13.2 Å². The molecule has 9 nitrogen and oxygen atoms in total. The number of hydrogen-bond acceptors (Lipinski definition) is 7. The van der Waals surface area contributed by atoms with Crippen LogP contribution in [0.1, 0.15) is 54.1 Å². The number of aromatic nitrogens is 1. The molecule has 4 aromatic rings. The Morgan fingerprint density at radius 2 is 1.54 bits per heavy atom. The number of rotatable bonds is 15. The number of ether oxygens (including phenoxy) is 1. The number of allylic oxidation sites excluding steroid dienone is 2. The number of carboxylic acids is 2. The number of hydrogen-bond donors (Lipinski definition) is 3. The molecule has 0 aliphatic heterocycles. The van der Waals surface area contributed by atoms with E-state index in [-0.39, 0.29) is 18.4 Å². The second-order valence-corrected chi connectivity index (χ2v) is 10.5. The summed E-state index contributed by atoms with van der Waals surface area (Å²) in [7, 11) is 0. The SMILES string of the molecule is CCC(=O)O.CCc1oc(-c2ccccc2)nc1CCCOc1ccc(C[C@H](N/C(=C\C(=O)c2ccccc2)C(F)(F)F)C(=O)O)cc1. The van der Waals surface area contributed by atoms with Crippen molar-refractivity contribution >= 4 is 17.7 Å². The first-order chi connectivity index (χ1) is 22.9. The van der Waals surface area contributed by atoms with E-state index in [1.54, 1.807) is 37.3 Å². The van der Waals surface area contributed by atoms with Gasteiger partial charge in [-0.1, -0.05) is 74.5 Å². The number of alkyl halides is 3. The van der Waals surface area contributed by atoms with Gasteiger partial charge in [-0.15, -0.1) is 0 Å². The molecule has 0 aliphatic carbocycles. The lowest BCUT2D eigenvalue weighted by Gasteiger charge is -2.20. The summed E-state index contributed by atoms with van der Waals surface area (Å²) in [4.78, 5) is 38.2. The maximum atomic E-state index is 13.7. The summed E-state index contributed by atoms with van der Waals surface area (Å²) in [6.07, 6.45) is -2.55. The molecule has 1 atom stereocenters. The number of carbonyl (C=O) groups excluding carboxylic acids is 1. The molecular weight excluding hydrogens is 629 g/mol. The lowest BCUT2D eigenvalue weighted by molar-refractivity contribution is -0.140. The normalized spacial score (nSPS) is 12.0. The highest BCUT2D eigenvalue weighted by Gasteiger charge is 2.37. The van der Waals surface area contributed by atoms with Crippen LogP contribution in [0.3, 0.4) is 0 Å².